The van der Waals surface area contributed by atoms with Gasteiger partial charge in [-0.05, 0) is 37.0 Å². The topological polar surface area (TPSA) is 76.4 Å². The molecule has 0 radical (unpaired) electrons. The van der Waals surface area contributed by atoms with Gasteiger partial charge in [0.2, 0.25) is 0 Å². The highest BCUT2D eigenvalue weighted by Gasteiger charge is 2.39. The third-order valence-electron chi connectivity index (χ3n) is 5.21. The third-order valence-corrected chi connectivity index (χ3v) is 5.21. The molecule has 2 aliphatic rings. The standard InChI is InChI=1S/C17H27N3O3/c1-3-13-15-14(20(19-13)9-12(2)10-21)8-17(11-18-16(15)22)4-6-23-7-5-17/h12,21H,3-11H2,1-2H3,(H,18,22). The molecule has 0 saturated carbocycles. The minimum atomic E-state index is 0.00289. The summed E-state index contributed by atoms with van der Waals surface area (Å²) in [7, 11) is 0. The summed E-state index contributed by atoms with van der Waals surface area (Å²) in [5, 5.41) is 17.2. The molecular weight excluding hydrogens is 294 g/mol. The van der Waals surface area contributed by atoms with E-state index < -0.39 is 0 Å². The van der Waals surface area contributed by atoms with Gasteiger partial charge in [-0.1, -0.05) is 13.8 Å². The molecule has 2 N–H and O–H groups in total. The van der Waals surface area contributed by atoms with E-state index in [0.717, 1.165) is 55.8 Å². The summed E-state index contributed by atoms with van der Waals surface area (Å²) in [4.78, 5) is 12.6. The highest BCUT2D eigenvalue weighted by Crippen LogP contribution is 2.37. The number of carbonyl (C=O) groups is 1. The molecule has 6 heteroatoms. The zero-order chi connectivity index (χ0) is 16.4. The second kappa shape index (κ2) is 6.61. The maximum atomic E-state index is 12.6. The number of aliphatic hydroxyl groups is 1. The highest BCUT2D eigenvalue weighted by atomic mass is 16.5. The Morgan fingerprint density at radius 1 is 1.43 bits per heavy atom. The molecule has 1 fully saturated rings. The van der Waals surface area contributed by atoms with Crippen LogP contribution in [0.4, 0.5) is 0 Å². The van der Waals surface area contributed by atoms with E-state index in [1.54, 1.807) is 0 Å². The van der Waals surface area contributed by atoms with E-state index in [0.29, 0.717) is 13.1 Å². The number of hydrogen-bond acceptors (Lipinski definition) is 4. The largest absolute Gasteiger partial charge is 0.396 e. The predicted molar refractivity (Wildman–Crippen MR) is 86.4 cm³/mol. The minimum Gasteiger partial charge on any atom is -0.396 e. The number of amides is 1. The Balaban J connectivity index is 2.00. The normalized spacial score (nSPS) is 21.6. The minimum absolute atomic E-state index is 0.00289. The summed E-state index contributed by atoms with van der Waals surface area (Å²) < 4.78 is 7.49. The molecule has 1 aromatic heterocycles. The van der Waals surface area contributed by atoms with Gasteiger partial charge in [0.05, 0.1) is 17.0 Å². The molecule has 1 aromatic rings. The Bertz CT molecular complexity index is 576. The van der Waals surface area contributed by atoms with Crippen LogP contribution in [0, 0.1) is 11.3 Å². The fraction of sp³-hybridized carbons (Fsp3) is 0.765. The summed E-state index contributed by atoms with van der Waals surface area (Å²) in [5.74, 6) is 0.128. The lowest BCUT2D eigenvalue weighted by Gasteiger charge is -2.36. The van der Waals surface area contributed by atoms with Crippen LogP contribution in [-0.2, 0) is 24.1 Å². The lowest BCUT2D eigenvalue weighted by molar-refractivity contribution is 0.0151. The average molecular weight is 321 g/mol. The van der Waals surface area contributed by atoms with Crippen LogP contribution in [0.1, 0.15) is 48.4 Å². The first-order chi connectivity index (χ1) is 11.1. The number of ether oxygens (including phenoxy) is 1. The smallest absolute Gasteiger partial charge is 0.255 e. The van der Waals surface area contributed by atoms with Crippen LogP contribution in [-0.4, -0.2) is 47.2 Å². The van der Waals surface area contributed by atoms with Gasteiger partial charge in [0.1, 0.15) is 0 Å². The molecule has 0 aromatic carbocycles. The number of hydrogen-bond donors (Lipinski definition) is 2. The number of aromatic nitrogens is 2. The zero-order valence-corrected chi connectivity index (χ0v) is 14.1. The van der Waals surface area contributed by atoms with Gasteiger partial charge < -0.3 is 15.2 Å². The number of aliphatic hydroxyl groups excluding tert-OH is 1. The average Bonchev–Trinajstić information content (AvgIpc) is 2.83. The van der Waals surface area contributed by atoms with Gasteiger partial charge in [0, 0.05) is 32.9 Å². The number of aryl methyl sites for hydroxylation is 1. The van der Waals surface area contributed by atoms with Crippen LogP contribution in [0.5, 0.6) is 0 Å². The van der Waals surface area contributed by atoms with E-state index in [1.807, 2.05) is 18.5 Å². The summed E-state index contributed by atoms with van der Waals surface area (Å²) in [6.07, 6.45) is 3.53. The second-order valence-electron chi connectivity index (χ2n) is 7.06. The van der Waals surface area contributed by atoms with Crippen LogP contribution in [0.2, 0.25) is 0 Å². The molecule has 1 saturated heterocycles. The number of carbonyl (C=O) groups excluding carboxylic acids is 1. The molecular formula is C17H27N3O3. The molecule has 3 rings (SSSR count). The molecule has 23 heavy (non-hydrogen) atoms. The van der Waals surface area contributed by atoms with Crippen molar-refractivity contribution in [2.24, 2.45) is 11.3 Å². The second-order valence-corrected chi connectivity index (χ2v) is 7.06. The number of fused-ring (bicyclic) bond motifs is 1. The van der Waals surface area contributed by atoms with E-state index in [1.165, 1.54) is 0 Å². The highest BCUT2D eigenvalue weighted by molar-refractivity contribution is 5.97. The van der Waals surface area contributed by atoms with Gasteiger partial charge in [0.25, 0.3) is 5.91 Å². The molecule has 1 atom stereocenters. The summed E-state index contributed by atoms with van der Waals surface area (Å²) in [6.45, 7) is 7.04. The van der Waals surface area contributed by atoms with Crippen molar-refractivity contribution in [2.45, 2.75) is 46.1 Å². The molecule has 1 amide bonds. The Morgan fingerprint density at radius 2 is 2.17 bits per heavy atom. The maximum Gasteiger partial charge on any atom is 0.255 e. The first-order valence-electron chi connectivity index (χ1n) is 8.64. The Morgan fingerprint density at radius 3 is 2.83 bits per heavy atom. The van der Waals surface area contributed by atoms with E-state index in [4.69, 9.17) is 4.74 Å². The van der Waals surface area contributed by atoms with Gasteiger partial charge >= 0.3 is 0 Å². The summed E-state index contributed by atoms with van der Waals surface area (Å²) in [5.41, 5.74) is 2.75. The molecule has 1 unspecified atom stereocenters. The van der Waals surface area contributed by atoms with Crippen molar-refractivity contribution in [2.75, 3.05) is 26.4 Å². The molecule has 2 aliphatic heterocycles. The summed E-state index contributed by atoms with van der Waals surface area (Å²) >= 11 is 0. The number of nitrogens with zero attached hydrogens (tertiary/aromatic N) is 2. The molecule has 3 heterocycles. The van der Waals surface area contributed by atoms with Gasteiger partial charge in [-0.3, -0.25) is 9.48 Å². The van der Waals surface area contributed by atoms with Crippen molar-refractivity contribution in [1.29, 1.82) is 0 Å². The predicted octanol–water partition coefficient (Wildman–Crippen LogP) is 1.16. The fourth-order valence-corrected chi connectivity index (χ4v) is 3.68. The van der Waals surface area contributed by atoms with Crippen LogP contribution < -0.4 is 5.32 Å². The Hall–Kier alpha value is -1.40. The van der Waals surface area contributed by atoms with Crippen molar-refractivity contribution in [3.8, 4) is 0 Å². The third kappa shape index (κ3) is 3.15. The first-order valence-corrected chi connectivity index (χ1v) is 8.64. The maximum absolute atomic E-state index is 12.6. The lowest BCUT2D eigenvalue weighted by atomic mass is 9.76. The summed E-state index contributed by atoms with van der Waals surface area (Å²) in [6, 6.07) is 0. The number of rotatable bonds is 4. The lowest BCUT2D eigenvalue weighted by Crippen LogP contribution is -2.40. The van der Waals surface area contributed by atoms with Crippen LogP contribution in [0.3, 0.4) is 0 Å². The quantitative estimate of drug-likeness (QED) is 0.872. The van der Waals surface area contributed by atoms with E-state index >= 15 is 0 Å². The van der Waals surface area contributed by atoms with Crippen LogP contribution >= 0.6 is 0 Å². The van der Waals surface area contributed by atoms with Crippen molar-refractivity contribution in [3.63, 3.8) is 0 Å². The van der Waals surface area contributed by atoms with Crippen molar-refractivity contribution in [1.82, 2.24) is 15.1 Å². The molecule has 6 nitrogen and oxygen atoms in total. The zero-order valence-electron chi connectivity index (χ0n) is 14.1. The van der Waals surface area contributed by atoms with Crippen molar-refractivity contribution >= 4 is 5.91 Å². The Labute approximate surface area is 137 Å². The van der Waals surface area contributed by atoms with Crippen LogP contribution in [0.25, 0.3) is 0 Å². The molecule has 0 bridgehead atoms. The SMILES string of the molecule is CCc1nn(CC(C)CO)c2c1C(=O)NCC1(CCOCC1)C2. The van der Waals surface area contributed by atoms with Gasteiger partial charge in [-0.2, -0.15) is 5.10 Å². The fourth-order valence-electron chi connectivity index (χ4n) is 3.68. The molecule has 1 spiro atoms. The van der Waals surface area contributed by atoms with E-state index in [-0.39, 0.29) is 23.8 Å². The molecule has 0 aliphatic carbocycles. The van der Waals surface area contributed by atoms with Crippen molar-refractivity contribution in [3.05, 3.63) is 17.0 Å². The molecule has 128 valence electrons. The monoisotopic (exact) mass is 321 g/mol. The van der Waals surface area contributed by atoms with Gasteiger partial charge in [-0.15, -0.1) is 0 Å². The van der Waals surface area contributed by atoms with Crippen molar-refractivity contribution < 1.29 is 14.6 Å². The first kappa shape index (κ1) is 16.5. The van der Waals surface area contributed by atoms with Crippen LogP contribution in [0.15, 0.2) is 0 Å². The number of nitrogens with one attached hydrogen (secondary N) is 1. The van der Waals surface area contributed by atoms with E-state index in [9.17, 15) is 9.90 Å². The van der Waals surface area contributed by atoms with Gasteiger partial charge in [0.15, 0.2) is 0 Å². The van der Waals surface area contributed by atoms with Gasteiger partial charge in [-0.25, -0.2) is 0 Å². The van der Waals surface area contributed by atoms with E-state index in [2.05, 4.69) is 10.4 Å². The Kier molecular flexibility index (Phi) is 4.73.